The van der Waals surface area contributed by atoms with Crippen LogP contribution in [-0.4, -0.2) is 189 Å². The van der Waals surface area contributed by atoms with Crippen molar-refractivity contribution in [1.29, 1.82) is 0 Å². The van der Waals surface area contributed by atoms with Gasteiger partial charge in [-0.15, -0.1) is 0 Å². The minimum atomic E-state index is -4.51. The van der Waals surface area contributed by atoms with Crippen LogP contribution in [0.25, 0.3) is 0 Å². The lowest BCUT2D eigenvalue weighted by molar-refractivity contribution is -0.128. The molecule has 3 amide bonds. The van der Waals surface area contributed by atoms with E-state index in [1.54, 1.807) is 7.11 Å². The minimum Gasteiger partial charge on any atom is -0.493 e. The summed E-state index contributed by atoms with van der Waals surface area (Å²) < 4.78 is 40.2. The minimum absolute atomic E-state index is 0. The number of aromatic hydroxyl groups is 2. The van der Waals surface area contributed by atoms with Crippen molar-refractivity contribution in [1.82, 2.24) is 24.0 Å². The van der Waals surface area contributed by atoms with Gasteiger partial charge in [0.25, 0.3) is 11.8 Å². The summed E-state index contributed by atoms with van der Waals surface area (Å²) in [5.74, 6) is -3.90. The molecular weight excluding hydrogens is 829 g/mol. The Bertz CT molecular complexity index is 1900. The largest absolute Gasteiger partial charge is 0.493 e. The number of methoxy groups -OCH3 is 2. The monoisotopic (exact) mass is 881 g/mol. The van der Waals surface area contributed by atoms with Crippen molar-refractivity contribution >= 4 is 31.9 Å². The van der Waals surface area contributed by atoms with Crippen molar-refractivity contribution in [2.75, 3.05) is 34.0 Å². The third-order valence-electron chi connectivity index (χ3n) is 10.7. The van der Waals surface area contributed by atoms with Gasteiger partial charge in [0.15, 0.2) is 29.9 Å². The van der Waals surface area contributed by atoms with E-state index in [1.807, 2.05) is 0 Å². The third-order valence-corrected chi connectivity index (χ3v) is 11.7. The molecule has 2 saturated carbocycles. The number of carbonyl (C=O) groups is 3. The first kappa shape index (κ1) is 48.3. The van der Waals surface area contributed by atoms with E-state index in [4.69, 9.17) is 45.6 Å². The van der Waals surface area contributed by atoms with E-state index >= 15 is 0 Å². The van der Waals surface area contributed by atoms with E-state index in [1.165, 1.54) is 28.9 Å². The molecule has 0 radical (unpaired) electrons. The van der Waals surface area contributed by atoms with Gasteiger partial charge in [-0.05, 0) is 12.8 Å². The van der Waals surface area contributed by atoms with Crippen LogP contribution >= 0.6 is 7.82 Å². The first-order valence-electron chi connectivity index (χ1n) is 17.8. The fourth-order valence-electron chi connectivity index (χ4n) is 7.67. The normalized spacial score (nSPS) is 36.7. The first-order chi connectivity index (χ1) is 27.8. The lowest BCUT2D eigenvalue weighted by Crippen LogP contribution is -2.52. The topological polar surface area (TPSA) is 426 Å². The summed E-state index contributed by atoms with van der Waals surface area (Å²) in [5.41, 5.74) is 14.8. The van der Waals surface area contributed by atoms with E-state index in [2.05, 4.69) is 15.0 Å². The molecule has 2 aliphatic carbocycles. The molecule has 15 unspecified atom stereocenters. The maximum Gasteiger partial charge on any atom is 0.474 e. The lowest BCUT2D eigenvalue weighted by Gasteiger charge is -2.32. The number of aliphatic imine (C=N–C) groups is 1. The van der Waals surface area contributed by atoms with Crippen LogP contribution in [0.15, 0.2) is 17.6 Å². The van der Waals surface area contributed by atoms with Crippen molar-refractivity contribution in [3.05, 3.63) is 24.0 Å². The number of aliphatic hydroxyl groups excluding tert-OH is 6. The molecule has 5 aliphatic rings. The second-order valence-corrected chi connectivity index (χ2v) is 15.5. The fourth-order valence-corrected chi connectivity index (χ4v) is 8.56. The summed E-state index contributed by atoms with van der Waals surface area (Å²) in [4.78, 5) is 55.4. The molecule has 338 valence electrons. The van der Waals surface area contributed by atoms with Gasteiger partial charge in [-0.2, -0.15) is 0 Å². The average molecular weight is 882 g/mol. The average Bonchev–Trinajstić information content (AvgIpc) is 4.04. The number of fused-ring (bicyclic) bond motifs is 4. The highest BCUT2D eigenvalue weighted by atomic mass is 31.2. The van der Waals surface area contributed by atoms with Gasteiger partial charge in [-0.1, -0.05) is 7.43 Å². The highest BCUT2D eigenvalue weighted by Gasteiger charge is 2.54. The fraction of sp³-hybridized carbons (Fsp3) is 0.688. The predicted molar refractivity (Wildman–Crippen MR) is 198 cm³/mol. The molecule has 5 heterocycles. The Kier molecular flexibility index (Phi) is 15.8. The zero-order valence-electron chi connectivity index (χ0n) is 31.4. The Morgan fingerprint density at radius 3 is 1.82 bits per heavy atom. The number of phosphoric ester groups is 1. The molecule has 28 heteroatoms. The van der Waals surface area contributed by atoms with Gasteiger partial charge < -0.3 is 82.1 Å². The molecule has 2 bridgehead atoms. The molecule has 15 atom stereocenters. The van der Waals surface area contributed by atoms with Crippen LogP contribution in [0.4, 0.5) is 0 Å². The molecule has 3 aliphatic heterocycles. The molecular formula is C32H52N9O18P. The molecule has 2 aromatic rings. The number of primary amides is 3. The van der Waals surface area contributed by atoms with Gasteiger partial charge in [0.2, 0.25) is 17.7 Å². The summed E-state index contributed by atoms with van der Waals surface area (Å²) in [5, 5.41) is 77.6. The number of imidazole rings is 2. The Morgan fingerprint density at radius 2 is 1.35 bits per heavy atom. The quantitative estimate of drug-likeness (QED) is 0.105. The van der Waals surface area contributed by atoms with E-state index in [0.717, 1.165) is 11.2 Å². The number of nitrogens with zero attached hydrogens (tertiary/aromatic N) is 6. The van der Waals surface area contributed by atoms with Crippen LogP contribution in [0.5, 0.6) is 11.8 Å². The molecule has 0 spiro atoms. The van der Waals surface area contributed by atoms with Crippen LogP contribution in [0, 0.1) is 11.8 Å². The molecule has 2 aromatic heterocycles. The van der Waals surface area contributed by atoms with Crippen LogP contribution in [-0.2, 0) is 32.6 Å². The molecule has 7 rings (SSSR count). The number of hydrogen-bond donors (Lipinski definition) is 12. The van der Waals surface area contributed by atoms with Crippen LogP contribution in [0.2, 0.25) is 0 Å². The molecule has 4 fully saturated rings. The number of carbonyl (C=O) groups excluding carboxylic acids is 3. The smallest absolute Gasteiger partial charge is 0.474 e. The number of phosphoric acid groups is 1. The zero-order chi connectivity index (χ0) is 43.7. The highest BCUT2D eigenvalue weighted by molar-refractivity contribution is 7.47. The number of amides is 3. The first-order valence-corrected chi connectivity index (χ1v) is 19.3. The Balaban J connectivity index is 0.000000197. The Hall–Kier alpha value is -4.35. The van der Waals surface area contributed by atoms with Crippen molar-refractivity contribution in [3.8, 4) is 11.8 Å². The van der Waals surface area contributed by atoms with Gasteiger partial charge in [-0.25, -0.2) is 14.5 Å². The van der Waals surface area contributed by atoms with Gasteiger partial charge in [0.05, 0.1) is 49.9 Å². The third kappa shape index (κ3) is 9.42. The van der Waals surface area contributed by atoms with Crippen molar-refractivity contribution in [2.24, 2.45) is 34.0 Å². The lowest BCUT2D eigenvalue weighted by atomic mass is 10.1. The predicted octanol–water partition coefficient (Wildman–Crippen LogP) is -5.03. The van der Waals surface area contributed by atoms with Gasteiger partial charge in [-0.3, -0.25) is 37.6 Å². The summed E-state index contributed by atoms with van der Waals surface area (Å²) >= 11 is 0. The number of nitrogens with two attached hydrogens (primary N) is 3. The molecule has 60 heavy (non-hydrogen) atoms. The number of aliphatic hydroxyl groups is 6. The molecule has 0 aromatic carbocycles. The second-order valence-electron chi connectivity index (χ2n) is 14.1. The zero-order valence-corrected chi connectivity index (χ0v) is 32.3. The van der Waals surface area contributed by atoms with Crippen molar-refractivity contribution < 1.29 is 88.0 Å². The van der Waals surface area contributed by atoms with Crippen LogP contribution in [0.1, 0.15) is 53.3 Å². The van der Waals surface area contributed by atoms with E-state index in [9.17, 15) is 59.6 Å². The number of aromatic nitrogens is 4. The maximum atomic E-state index is 11.8. The number of rotatable bonds is 9. The second kappa shape index (κ2) is 19.6. The van der Waals surface area contributed by atoms with Crippen molar-refractivity contribution in [2.45, 2.75) is 93.6 Å². The standard InChI is InChI=1S/C12H19N3O5.C10H15N3O5.C9H14N3O8P.CH4/c1-19-9-6(4-16)3-7(10(9)20-2)15-5-14-8(11(13)17)12(15)18;11-9(17)6-10(18)13(3-12-6)5-1-4(2-14)7(15)8(5)16;10-7(15)4-8-12(2-11-4)9-6(14)5(13)3(19-9)1-18-21(16,17)20-8;/h5-7,9-10,16,18H,3-4H2,1-2H3,(H2,13,17);3-5,7-8,14-16,18H,1-2H2,(H2,11,17);2-6,8-9,13-14H,1H2,(H2,10,15)(H,16,17);1H4. The number of hydrogen-bond acceptors (Lipinski definition) is 21. The highest BCUT2D eigenvalue weighted by Crippen LogP contribution is 2.49. The van der Waals surface area contributed by atoms with E-state index in [-0.39, 0.29) is 68.5 Å². The molecule has 15 N–H and O–H groups in total. The Morgan fingerprint density at radius 1 is 0.817 bits per heavy atom. The number of ether oxygens (including phenoxy) is 3. The molecule has 2 saturated heterocycles. The SMILES string of the molecule is C.COC1C(CO)CC(n2cnc(C(N)=O)c2O)C1OC.NC(=O)C1N=CN2C1OP(=O)(O)OCC1OC2C(O)C1O.NC(=O)c1ncn(C2CC(CO)C(O)C2O)c1O. The van der Waals surface area contributed by atoms with E-state index in [0.29, 0.717) is 6.42 Å². The maximum absolute atomic E-state index is 11.8. The van der Waals surface area contributed by atoms with Crippen molar-refractivity contribution in [3.63, 3.8) is 0 Å². The van der Waals surface area contributed by atoms with Gasteiger partial charge in [0.1, 0.15) is 30.5 Å². The molecule has 27 nitrogen and oxygen atoms in total. The van der Waals surface area contributed by atoms with Crippen LogP contribution in [0.3, 0.4) is 0 Å². The van der Waals surface area contributed by atoms with E-state index < -0.39 is 99.0 Å². The van der Waals surface area contributed by atoms with Crippen LogP contribution < -0.4 is 17.2 Å². The summed E-state index contributed by atoms with van der Waals surface area (Å²) in [6, 6.07) is -2.21. The Labute approximate surface area is 341 Å². The van der Waals surface area contributed by atoms with Gasteiger partial charge >= 0.3 is 7.82 Å². The summed E-state index contributed by atoms with van der Waals surface area (Å²) in [6.45, 7) is -0.776. The van der Waals surface area contributed by atoms with Gasteiger partial charge in [0, 0.05) is 39.3 Å². The summed E-state index contributed by atoms with van der Waals surface area (Å²) in [6.07, 6.45) is -4.61. The summed E-state index contributed by atoms with van der Waals surface area (Å²) in [7, 11) is -1.43.